The summed E-state index contributed by atoms with van der Waals surface area (Å²) in [5.41, 5.74) is -0.975. The molecule has 1 aromatic heterocycles. The second kappa shape index (κ2) is 6.86. The van der Waals surface area contributed by atoms with Crippen LogP contribution in [-0.4, -0.2) is 71.0 Å². The van der Waals surface area contributed by atoms with Gasteiger partial charge in [0.1, 0.15) is 0 Å². The highest BCUT2D eigenvalue weighted by molar-refractivity contribution is 7.89. The van der Waals surface area contributed by atoms with Crippen LogP contribution in [0.25, 0.3) is 10.9 Å². The van der Waals surface area contributed by atoms with Gasteiger partial charge < -0.3 is 10.1 Å². The summed E-state index contributed by atoms with van der Waals surface area (Å²) in [5, 5.41) is 9.52. The summed E-state index contributed by atoms with van der Waals surface area (Å²) in [5.74, 6) is 0. The van der Waals surface area contributed by atoms with Crippen LogP contribution in [-0.2, 0) is 10.0 Å². The van der Waals surface area contributed by atoms with Crippen molar-refractivity contribution in [3.05, 3.63) is 39.0 Å². The second-order valence-electron chi connectivity index (χ2n) is 7.15. The van der Waals surface area contributed by atoms with E-state index in [2.05, 4.69) is 14.9 Å². The van der Waals surface area contributed by atoms with Gasteiger partial charge in [0.25, 0.3) is 5.56 Å². The topological polar surface area (TPSA) is 127 Å². The lowest BCUT2D eigenvalue weighted by Crippen LogP contribution is -2.57. The Labute approximate surface area is 155 Å². The van der Waals surface area contributed by atoms with E-state index in [0.29, 0.717) is 19.5 Å². The van der Waals surface area contributed by atoms with Crippen LogP contribution in [0.5, 0.6) is 0 Å². The Morgan fingerprint density at radius 2 is 2.00 bits per heavy atom. The average molecular weight is 394 g/mol. The normalized spacial score (nSPS) is 24.3. The lowest BCUT2D eigenvalue weighted by molar-refractivity contribution is 0.0924. The molecule has 9 nitrogen and oxygen atoms in total. The van der Waals surface area contributed by atoms with E-state index in [9.17, 15) is 23.1 Å². The standard InChI is InChI=1S/C17H22N4O5S/c22-7-5-12-9-20-6-1-2-11(20)10-21(12)27(25,26)13-3-4-15-14(8-13)16(23)19-17(24)18-15/h3-4,8,11-12,22H,1-2,5-7,9-10H2,(H2,18,19,23,24)/t11-,12-/m0/s1. The average Bonchev–Trinajstić information content (AvgIpc) is 3.08. The Morgan fingerprint density at radius 1 is 1.19 bits per heavy atom. The lowest BCUT2D eigenvalue weighted by Gasteiger charge is -2.42. The molecule has 0 aliphatic carbocycles. The van der Waals surface area contributed by atoms with Gasteiger partial charge in [0.15, 0.2) is 0 Å². The van der Waals surface area contributed by atoms with Crippen LogP contribution in [0.3, 0.4) is 0 Å². The molecule has 0 bridgehead atoms. The summed E-state index contributed by atoms with van der Waals surface area (Å²) in [6.07, 6.45) is 2.36. The predicted octanol–water partition coefficient (Wildman–Crippen LogP) is -0.564. The van der Waals surface area contributed by atoms with Crippen LogP contribution in [0.15, 0.2) is 32.7 Å². The number of nitrogens with one attached hydrogen (secondary N) is 2. The van der Waals surface area contributed by atoms with Crippen LogP contribution in [0.4, 0.5) is 0 Å². The minimum Gasteiger partial charge on any atom is -0.396 e. The van der Waals surface area contributed by atoms with Crippen LogP contribution < -0.4 is 11.2 Å². The SMILES string of the molecule is O=c1[nH]c(=O)c2cc(S(=O)(=O)N3C[C@@H]4CCCN4C[C@@H]3CCO)ccc2[nH]1. The van der Waals surface area contributed by atoms with Gasteiger partial charge >= 0.3 is 5.69 Å². The summed E-state index contributed by atoms with van der Waals surface area (Å²) in [6.45, 7) is 1.85. The van der Waals surface area contributed by atoms with Gasteiger partial charge in [0.05, 0.1) is 15.8 Å². The van der Waals surface area contributed by atoms with Crippen molar-refractivity contribution in [3.63, 3.8) is 0 Å². The van der Waals surface area contributed by atoms with Gasteiger partial charge in [0.2, 0.25) is 10.0 Å². The van der Waals surface area contributed by atoms with Crippen LogP contribution in [0.1, 0.15) is 19.3 Å². The molecule has 0 radical (unpaired) electrons. The highest BCUT2D eigenvalue weighted by atomic mass is 32.2. The van der Waals surface area contributed by atoms with Crippen molar-refractivity contribution in [2.24, 2.45) is 0 Å². The van der Waals surface area contributed by atoms with Crippen LogP contribution >= 0.6 is 0 Å². The van der Waals surface area contributed by atoms with Crippen molar-refractivity contribution in [1.29, 1.82) is 0 Å². The summed E-state index contributed by atoms with van der Waals surface area (Å²) in [7, 11) is -3.84. The summed E-state index contributed by atoms with van der Waals surface area (Å²) < 4.78 is 28.1. The van der Waals surface area contributed by atoms with Gasteiger partial charge in [-0.3, -0.25) is 14.7 Å². The molecule has 2 fully saturated rings. The number of nitrogens with zero attached hydrogens (tertiary/aromatic N) is 2. The van der Waals surface area contributed by atoms with E-state index in [-0.39, 0.29) is 34.5 Å². The maximum absolute atomic E-state index is 13.3. The first-order valence-corrected chi connectivity index (χ1v) is 10.5. The first-order valence-electron chi connectivity index (χ1n) is 9.03. The quantitative estimate of drug-likeness (QED) is 0.638. The zero-order valence-electron chi connectivity index (χ0n) is 14.7. The predicted molar refractivity (Wildman–Crippen MR) is 99.2 cm³/mol. The Balaban J connectivity index is 1.76. The van der Waals surface area contributed by atoms with Crippen LogP contribution in [0.2, 0.25) is 0 Å². The van der Waals surface area contributed by atoms with Gasteiger partial charge in [-0.05, 0) is 44.0 Å². The number of H-pyrrole nitrogens is 2. The Hall–Kier alpha value is -2.01. The monoisotopic (exact) mass is 394 g/mol. The fourth-order valence-electron chi connectivity index (χ4n) is 4.18. The zero-order chi connectivity index (χ0) is 19.2. The molecule has 2 aromatic rings. The molecule has 3 heterocycles. The molecule has 0 spiro atoms. The number of rotatable bonds is 4. The third kappa shape index (κ3) is 3.22. The maximum Gasteiger partial charge on any atom is 0.326 e. The Kier molecular flexibility index (Phi) is 4.66. The molecule has 146 valence electrons. The molecule has 2 saturated heterocycles. The van der Waals surface area contributed by atoms with Gasteiger partial charge in [-0.25, -0.2) is 13.2 Å². The van der Waals surface area contributed by atoms with E-state index >= 15 is 0 Å². The van der Waals surface area contributed by atoms with Gasteiger partial charge in [-0.1, -0.05) is 0 Å². The third-order valence-electron chi connectivity index (χ3n) is 5.52. The Morgan fingerprint density at radius 3 is 2.78 bits per heavy atom. The van der Waals surface area contributed by atoms with E-state index in [1.165, 1.54) is 22.5 Å². The molecule has 2 aliphatic rings. The number of hydrogen-bond donors (Lipinski definition) is 3. The molecule has 1 aromatic carbocycles. The highest BCUT2D eigenvalue weighted by Gasteiger charge is 2.41. The summed E-state index contributed by atoms with van der Waals surface area (Å²) >= 11 is 0. The number of hydrogen-bond acceptors (Lipinski definition) is 6. The fraction of sp³-hybridized carbons (Fsp3) is 0.529. The van der Waals surface area contributed by atoms with Gasteiger partial charge in [0, 0.05) is 31.8 Å². The molecular weight excluding hydrogens is 372 g/mol. The van der Waals surface area contributed by atoms with Crippen molar-refractivity contribution < 1.29 is 13.5 Å². The van der Waals surface area contributed by atoms with Crippen molar-refractivity contribution in [3.8, 4) is 0 Å². The third-order valence-corrected chi connectivity index (χ3v) is 7.44. The fourth-order valence-corrected chi connectivity index (χ4v) is 5.89. The zero-order valence-corrected chi connectivity index (χ0v) is 15.5. The summed E-state index contributed by atoms with van der Waals surface area (Å²) in [4.78, 5) is 30.4. The second-order valence-corrected chi connectivity index (χ2v) is 9.04. The van der Waals surface area contributed by atoms with Crippen molar-refractivity contribution >= 4 is 20.9 Å². The van der Waals surface area contributed by atoms with E-state index in [4.69, 9.17) is 0 Å². The minimum atomic E-state index is -3.84. The number of fused-ring (bicyclic) bond motifs is 2. The van der Waals surface area contributed by atoms with Crippen molar-refractivity contribution in [2.45, 2.75) is 36.2 Å². The van der Waals surface area contributed by atoms with E-state index in [1.807, 2.05) is 0 Å². The molecular formula is C17H22N4O5S. The summed E-state index contributed by atoms with van der Waals surface area (Å²) in [6, 6.07) is 4.03. The largest absolute Gasteiger partial charge is 0.396 e. The van der Waals surface area contributed by atoms with Gasteiger partial charge in [-0.15, -0.1) is 0 Å². The first kappa shape index (κ1) is 18.4. The van der Waals surface area contributed by atoms with Crippen LogP contribution in [0, 0.1) is 0 Å². The highest BCUT2D eigenvalue weighted by Crippen LogP contribution is 2.30. The smallest absolute Gasteiger partial charge is 0.326 e. The maximum atomic E-state index is 13.3. The molecule has 27 heavy (non-hydrogen) atoms. The number of aromatic nitrogens is 2. The van der Waals surface area contributed by atoms with Crippen molar-refractivity contribution in [1.82, 2.24) is 19.2 Å². The molecule has 2 atom stereocenters. The Bertz CT molecular complexity index is 1080. The van der Waals surface area contributed by atoms with E-state index in [0.717, 1.165) is 19.4 Å². The van der Waals surface area contributed by atoms with E-state index in [1.54, 1.807) is 0 Å². The number of benzene rings is 1. The molecule has 4 rings (SSSR count). The molecule has 10 heteroatoms. The number of aliphatic hydroxyl groups excluding tert-OH is 1. The molecule has 0 amide bonds. The van der Waals surface area contributed by atoms with Crippen molar-refractivity contribution in [2.75, 3.05) is 26.2 Å². The molecule has 0 unspecified atom stereocenters. The van der Waals surface area contributed by atoms with E-state index < -0.39 is 21.3 Å². The number of aromatic amines is 2. The van der Waals surface area contributed by atoms with Gasteiger partial charge in [-0.2, -0.15) is 4.31 Å². The number of aliphatic hydroxyl groups is 1. The first-order chi connectivity index (χ1) is 12.9. The lowest BCUT2D eigenvalue weighted by atomic mass is 10.1. The molecule has 3 N–H and O–H groups in total. The number of piperazine rings is 1. The molecule has 0 saturated carbocycles. The number of sulfonamides is 1. The molecule has 2 aliphatic heterocycles. The minimum absolute atomic E-state index is 0.0157.